The number of carbonyl (C=O) groups excluding carboxylic acids is 1. The van der Waals surface area contributed by atoms with Crippen molar-refractivity contribution in [3.8, 4) is 0 Å². The van der Waals surface area contributed by atoms with Crippen LogP contribution in [-0.4, -0.2) is 48.4 Å². The fraction of sp³-hybridized carbons (Fsp3) is 0.700. The van der Waals surface area contributed by atoms with E-state index in [4.69, 9.17) is 0 Å². The largest absolute Gasteiger partial charge is 0.341 e. The maximum Gasteiger partial charge on any atom is 0.222 e. The third kappa shape index (κ3) is 2.97. The Bertz CT molecular complexity index is 847. The molecule has 1 spiro atoms. The van der Waals surface area contributed by atoms with Crippen LogP contribution in [0.2, 0.25) is 0 Å². The van der Waals surface area contributed by atoms with Gasteiger partial charge in [-0.05, 0) is 51.0 Å². The lowest BCUT2D eigenvalue weighted by Gasteiger charge is -2.42. The summed E-state index contributed by atoms with van der Waals surface area (Å²) in [5.74, 6) is 1.64. The summed E-state index contributed by atoms with van der Waals surface area (Å²) in [4.78, 5) is 15.1. The number of hydrogen-bond acceptors (Lipinski definition) is 4. The van der Waals surface area contributed by atoms with E-state index >= 15 is 0 Å². The molecule has 1 unspecified atom stereocenters. The molecule has 27 heavy (non-hydrogen) atoms. The van der Waals surface area contributed by atoms with Gasteiger partial charge in [0, 0.05) is 44.7 Å². The van der Waals surface area contributed by atoms with E-state index in [-0.39, 0.29) is 11.3 Å². The summed E-state index contributed by atoms with van der Waals surface area (Å²) < 4.78 is 4.04. The van der Waals surface area contributed by atoms with Crippen LogP contribution in [0.4, 0.5) is 0 Å². The van der Waals surface area contributed by atoms with Crippen molar-refractivity contribution < 1.29 is 4.79 Å². The van der Waals surface area contributed by atoms with Gasteiger partial charge in [0.25, 0.3) is 0 Å². The molecule has 2 fully saturated rings. The van der Waals surface area contributed by atoms with E-state index in [9.17, 15) is 4.79 Å². The Labute approximate surface area is 160 Å². The number of rotatable bonds is 5. The fourth-order valence-electron chi connectivity index (χ4n) is 5.00. The van der Waals surface area contributed by atoms with Gasteiger partial charge in [0.2, 0.25) is 5.91 Å². The van der Waals surface area contributed by atoms with Crippen molar-refractivity contribution in [2.75, 3.05) is 13.1 Å². The molecule has 1 amide bonds. The summed E-state index contributed by atoms with van der Waals surface area (Å²) in [7, 11) is 1.96. The molecule has 146 valence electrons. The molecule has 4 rings (SSSR count). The van der Waals surface area contributed by atoms with Crippen molar-refractivity contribution in [1.82, 2.24) is 29.4 Å². The van der Waals surface area contributed by atoms with Gasteiger partial charge < -0.3 is 9.47 Å². The average molecular weight is 371 g/mol. The number of aromatic nitrogens is 5. The van der Waals surface area contributed by atoms with Crippen LogP contribution >= 0.6 is 0 Å². The first-order valence-corrected chi connectivity index (χ1v) is 10.1. The summed E-state index contributed by atoms with van der Waals surface area (Å²) in [6.45, 7) is 8.76. The minimum absolute atomic E-state index is 0.218. The first-order valence-electron chi connectivity index (χ1n) is 10.1. The van der Waals surface area contributed by atoms with Crippen molar-refractivity contribution >= 4 is 5.91 Å². The third-order valence-electron chi connectivity index (χ3n) is 6.90. The van der Waals surface area contributed by atoms with E-state index in [1.54, 1.807) is 0 Å². The van der Waals surface area contributed by atoms with Crippen LogP contribution in [0.25, 0.3) is 0 Å². The molecular weight excluding hydrogens is 340 g/mol. The van der Waals surface area contributed by atoms with Gasteiger partial charge in [-0.1, -0.05) is 6.42 Å². The topological polar surface area (TPSA) is 68.8 Å². The fourth-order valence-corrected chi connectivity index (χ4v) is 5.00. The Balaban J connectivity index is 1.47. The highest BCUT2D eigenvalue weighted by Gasteiger charge is 2.53. The van der Waals surface area contributed by atoms with Crippen LogP contribution in [0.3, 0.4) is 0 Å². The van der Waals surface area contributed by atoms with Gasteiger partial charge in [0.15, 0.2) is 0 Å². The monoisotopic (exact) mass is 370 g/mol. The van der Waals surface area contributed by atoms with Gasteiger partial charge in [0.1, 0.15) is 12.2 Å². The molecule has 2 aromatic heterocycles. The number of amides is 1. The van der Waals surface area contributed by atoms with Crippen molar-refractivity contribution in [3.63, 3.8) is 0 Å². The lowest BCUT2D eigenvalue weighted by Crippen LogP contribution is -2.38. The van der Waals surface area contributed by atoms with Crippen LogP contribution in [0.1, 0.15) is 61.3 Å². The predicted molar refractivity (Wildman–Crippen MR) is 102 cm³/mol. The second-order valence-electron chi connectivity index (χ2n) is 8.29. The van der Waals surface area contributed by atoms with Crippen LogP contribution in [0, 0.1) is 19.3 Å². The maximum atomic E-state index is 13.0. The van der Waals surface area contributed by atoms with Crippen LogP contribution in [0.5, 0.6) is 0 Å². The van der Waals surface area contributed by atoms with E-state index in [1.807, 2.05) is 25.0 Å². The van der Waals surface area contributed by atoms with Crippen molar-refractivity contribution in [2.24, 2.45) is 12.5 Å². The van der Waals surface area contributed by atoms with E-state index < -0.39 is 0 Å². The first-order chi connectivity index (χ1) is 12.9. The standard InChI is InChI=1S/C20H30N6O/c1-5-25-13-21-22-19(25)17-11-26(12-20(17)9-6-10-20)18(27)8-7-16-14(2)23-24(4)15(16)3/h13,17H,5-12H2,1-4H3. The number of aryl methyl sites for hydroxylation is 3. The lowest BCUT2D eigenvalue weighted by molar-refractivity contribution is -0.130. The summed E-state index contributed by atoms with van der Waals surface area (Å²) in [6.07, 6.45) is 6.78. The SMILES string of the molecule is CCn1cnnc1C1CN(C(=O)CCc2c(C)nn(C)c2C)CC12CCC2. The van der Waals surface area contributed by atoms with Crippen molar-refractivity contribution in [3.05, 3.63) is 29.1 Å². The zero-order valence-corrected chi connectivity index (χ0v) is 16.9. The van der Waals surface area contributed by atoms with E-state index in [2.05, 4.69) is 38.6 Å². The molecular formula is C20H30N6O. The third-order valence-corrected chi connectivity index (χ3v) is 6.90. The highest BCUT2D eigenvalue weighted by molar-refractivity contribution is 5.77. The smallest absolute Gasteiger partial charge is 0.222 e. The molecule has 7 heteroatoms. The van der Waals surface area contributed by atoms with E-state index in [0.29, 0.717) is 12.3 Å². The summed E-state index contributed by atoms with van der Waals surface area (Å²) in [5, 5.41) is 13.0. The summed E-state index contributed by atoms with van der Waals surface area (Å²) >= 11 is 0. The molecule has 2 aromatic rings. The van der Waals surface area contributed by atoms with E-state index in [1.165, 1.54) is 24.8 Å². The molecule has 1 saturated heterocycles. The molecule has 1 aliphatic heterocycles. The van der Waals surface area contributed by atoms with Gasteiger partial charge in [-0.2, -0.15) is 5.10 Å². The van der Waals surface area contributed by atoms with Crippen LogP contribution < -0.4 is 0 Å². The van der Waals surface area contributed by atoms with Gasteiger partial charge in [-0.3, -0.25) is 9.48 Å². The lowest BCUT2D eigenvalue weighted by atomic mass is 9.62. The minimum Gasteiger partial charge on any atom is -0.341 e. The Hall–Kier alpha value is -2.18. The Morgan fingerprint density at radius 3 is 2.70 bits per heavy atom. The molecule has 0 bridgehead atoms. The van der Waals surface area contributed by atoms with Crippen LogP contribution in [0.15, 0.2) is 6.33 Å². The summed E-state index contributed by atoms with van der Waals surface area (Å²) in [5.41, 5.74) is 3.63. The normalized spacial score (nSPS) is 21.0. The highest BCUT2D eigenvalue weighted by atomic mass is 16.2. The molecule has 0 aromatic carbocycles. The highest BCUT2D eigenvalue weighted by Crippen LogP contribution is 2.55. The molecule has 0 N–H and O–H groups in total. The second-order valence-corrected chi connectivity index (χ2v) is 8.29. The average Bonchev–Trinajstić information content (AvgIpc) is 3.29. The summed E-state index contributed by atoms with van der Waals surface area (Å²) in [6, 6.07) is 0. The van der Waals surface area contributed by atoms with Gasteiger partial charge in [-0.25, -0.2) is 0 Å². The Morgan fingerprint density at radius 2 is 2.11 bits per heavy atom. The molecule has 0 radical (unpaired) electrons. The van der Waals surface area contributed by atoms with Gasteiger partial charge >= 0.3 is 0 Å². The van der Waals surface area contributed by atoms with E-state index in [0.717, 1.165) is 43.3 Å². The Kier molecular flexibility index (Phi) is 4.56. The quantitative estimate of drug-likeness (QED) is 0.810. The zero-order valence-electron chi connectivity index (χ0n) is 16.9. The zero-order chi connectivity index (χ0) is 19.2. The number of nitrogens with zero attached hydrogens (tertiary/aromatic N) is 6. The molecule has 1 aliphatic carbocycles. The molecule has 1 saturated carbocycles. The van der Waals surface area contributed by atoms with Gasteiger partial charge in [0.05, 0.1) is 5.69 Å². The molecule has 2 aliphatic rings. The predicted octanol–water partition coefficient (Wildman–Crippen LogP) is 2.38. The molecule has 1 atom stereocenters. The Morgan fingerprint density at radius 1 is 1.33 bits per heavy atom. The van der Waals surface area contributed by atoms with Gasteiger partial charge in [-0.15, -0.1) is 10.2 Å². The molecule has 7 nitrogen and oxygen atoms in total. The minimum atomic E-state index is 0.218. The first kappa shape index (κ1) is 18.2. The number of likely N-dealkylation sites (tertiary alicyclic amines) is 1. The van der Waals surface area contributed by atoms with Crippen molar-refractivity contribution in [1.29, 1.82) is 0 Å². The van der Waals surface area contributed by atoms with Crippen LogP contribution in [-0.2, 0) is 24.8 Å². The van der Waals surface area contributed by atoms with Crippen molar-refractivity contribution in [2.45, 2.75) is 65.3 Å². The number of hydrogen-bond donors (Lipinski definition) is 0. The molecule has 3 heterocycles. The second kappa shape index (κ2) is 6.77. The number of carbonyl (C=O) groups is 1. The maximum absolute atomic E-state index is 13.0.